The molecule has 4 aromatic rings. The third-order valence-electron chi connectivity index (χ3n) is 6.28. The molecule has 0 fully saturated rings. The predicted octanol–water partition coefficient (Wildman–Crippen LogP) is 4.68. The zero-order valence-electron chi connectivity index (χ0n) is 20.9. The Hall–Kier alpha value is -3.44. The fraction of sp³-hybridized carbons (Fsp3) is 0.259. The molecule has 0 radical (unpaired) electrons. The molecule has 9 nitrogen and oxygen atoms in total. The van der Waals surface area contributed by atoms with Crippen molar-refractivity contribution in [3.63, 3.8) is 0 Å². The van der Waals surface area contributed by atoms with Crippen molar-refractivity contribution in [3.8, 4) is 0 Å². The number of anilines is 1. The van der Waals surface area contributed by atoms with Crippen LogP contribution in [-0.4, -0.2) is 46.2 Å². The van der Waals surface area contributed by atoms with Crippen LogP contribution in [0.5, 0.6) is 0 Å². The maximum atomic E-state index is 12.6. The largest absolute Gasteiger partial charge is 0.478 e. The molecule has 0 unspecified atom stereocenters. The summed E-state index contributed by atoms with van der Waals surface area (Å²) in [5.74, 6) is -1.10. The zero-order valence-corrected chi connectivity index (χ0v) is 22.5. The molecule has 1 heterocycles. The van der Waals surface area contributed by atoms with E-state index in [9.17, 15) is 23.4 Å². The van der Waals surface area contributed by atoms with E-state index in [1.807, 2.05) is 18.4 Å². The molecular formula is C27H29ClN4O5S. The molecule has 0 saturated carbocycles. The van der Waals surface area contributed by atoms with Crippen molar-refractivity contribution in [1.82, 2.24) is 14.9 Å². The number of β-amino-alcohol motifs (C(OH)–C–C–N with tert-alkyl or cyclic N) is 1. The van der Waals surface area contributed by atoms with Crippen LogP contribution in [0, 0.1) is 0 Å². The van der Waals surface area contributed by atoms with Gasteiger partial charge in [0.15, 0.2) is 0 Å². The van der Waals surface area contributed by atoms with Crippen molar-refractivity contribution in [2.75, 3.05) is 11.3 Å². The standard InChI is InChI=1S/C27H29ClN4O5S/c1-27(2,13-14-32-17-29-22-12-11-21(26(34)35)24(28)25(22)32)30-16-23(33)18-7-6-8-19(15-18)31-38(36,37)20-9-4-3-5-10-20/h3-12,15,17,23,30-31,33H,13-14,16H2,1-2H3,(H,34,35)/t23-/m0/s1. The monoisotopic (exact) mass is 556 g/mol. The molecule has 38 heavy (non-hydrogen) atoms. The lowest BCUT2D eigenvalue weighted by atomic mass is 9.99. The summed E-state index contributed by atoms with van der Waals surface area (Å²) in [6.45, 7) is 4.74. The van der Waals surface area contributed by atoms with Crippen molar-refractivity contribution < 1.29 is 23.4 Å². The maximum absolute atomic E-state index is 12.6. The minimum atomic E-state index is -3.74. The van der Waals surface area contributed by atoms with Crippen molar-refractivity contribution >= 4 is 44.3 Å². The Morgan fingerprint density at radius 1 is 1.11 bits per heavy atom. The Morgan fingerprint density at radius 3 is 2.55 bits per heavy atom. The summed E-state index contributed by atoms with van der Waals surface area (Å²) in [4.78, 5) is 15.9. The van der Waals surface area contributed by atoms with Crippen LogP contribution in [0.4, 0.5) is 5.69 Å². The van der Waals surface area contributed by atoms with E-state index in [0.717, 1.165) is 0 Å². The second-order valence-corrected chi connectivity index (χ2v) is 11.7. The van der Waals surface area contributed by atoms with E-state index in [2.05, 4.69) is 15.0 Å². The van der Waals surface area contributed by atoms with Gasteiger partial charge in [-0.3, -0.25) is 4.72 Å². The minimum Gasteiger partial charge on any atom is -0.478 e. The van der Waals surface area contributed by atoms with Crippen LogP contribution in [0.15, 0.2) is 78.0 Å². The van der Waals surface area contributed by atoms with Crippen molar-refractivity contribution in [3.05, 3.63) is 89.2 Å². The Morgan fingerprint density at radius 2 is 1.84 bits per heavy atom. The summed E-state index contributed by atoms with van der Waals surface area (Å²) >= 11 is 6.36. The molecule has 0 aliphatic rings. The van der Waals surface area contributed by atoms with Gasteiger partial charge in [-0.1, -0.05) is 41.9 Å². The number of hydrogen-bond acceptors (Lipinski definition) is 6. The smallest absolute Gasteiger partial charge is 0.337 e. The molecule has 3 aromatic carbocycles. The van der Waals surface area contributed by atoms with Gasteiger partial charge in [-0.25, -0.2) is 18.2 Å². The van der Waals surface area contributed by atoms with Gasteiger partial charge in [-0.05, 0) is 62.2 Å². The molecule has 0 amide bonds. The van der Waals surface area contributed by atoms with Crippen molar-refractivity contribution in [2.45, 2.75) is 43.4 Å². The molecule has 0 spiro atoms. The Balaban J connectivity index is 1.39. The lowest BCUT2D eigenvalue weighted by Gasteiger charge is -2.28. The quantitative estimate of drug-likeness (QED) is 0.211. The predicted molar refractivity (Wildman–Crippen MR) is 147 cm³/mol. The van der Waals surface area contributed by atoms with Crippen molar-refractivity contribution in [2.24, 2.45) is 0 Å². The number of aromatic carboxylic acids is 1. The summed E-state index contributed by atoms with van der Waals surface area (Å²) in [7, 11) is -3.74. The highest BCUT2D eigenvalue weighted by molar-refractivity contribution is 7.92. The van der Waals surface area contributed by atoms with E-state index >= 15 is 0 Å². The van der Waals surface area contributed by atoms with Crippen LogP contribution in [0.1, 0.15) is 42.3 Å². The van der Waals surface area contributed by atoms with Crippen LogP contribution in [-0.2, 0) is 16.6 Å². The summed E-state index contributed by atoms with van der Waals surface area (Å²) in [6.07, 6.45) is 1.39. The molecule has 0 aliphatic heterocycles. The lowest BCUT2D eigenvalue weighted by Crippen LogP contribution is -2.42. The second kappa shape index (κ2) is 11.1. The number of carboxylic acid groups (broad SMARTS) is 1. The molecule has 0 bridgehead atoms. The van der Waals surface area contributed by atoms with Crippen molar-refractivity contribution in [1.29, 1.82) is 0 Å². The van der Waals surface area contributed by atoms with E-state index in [0.29, 0.717) is 35.2 Å². The summed E-state index contributed by atoms with van der Waals surface area (Å²) in [5, 5.41) is 23.7. The van der Waals surface area contributed by atoms with Crippen LogP contribution >= 0.6 is 11.6 Å². The first-order valence-corrected chi connectivity index (χ1v) is 13.8. The Kier molecular flexibility index (Phi) is 8.08. The number of fused-ring (bicyclic) bond motifs is 1. The number of aromatic nitrogens is 2. The normalized spacial score (nSPS) is 12.9. The van der Waals surface area contributed by atoms with E-state index in [1.165, 1.54) is 18.2 Å². The Labute approximate surface area is 226 Å². The number of carbonyl (C=O) groups is 1. The highest BCUT2D eigenvalue weighted by Gasteiger charge is 2.22. The van der Waals surface area contributed by atoms with Gasteiger partial charge in [-0.15, -0.1) is 0 Å². The Bertz CT molecular complexity index is 1550. The molecule has 200 valence electrons. The van der Waals surface area contributed by atoms with Gasteiger partial charge >= 0.3 is 5.97 Å². The number of nitrogens with one attached hydrogen (secondary N) is 2. The first kappa shape index (κ1) is 27.6. The molecule has 0 saturated heterocycles. The number of sulfonamides is 1. The first-order chi connectivity index (χ1) is 18.0. The molecule has 0 aliphatic carbocycles. The molecule has 1 aromatic heterocycles. The van der Waals surface area contributed by atoms with Gasteiger partial charge < -0.3 is 20.1 Å². The summed E-state index contributed by atoms with van der Waals surface area (Å²) in [6, 6.07) is 17.8. The number of hydrogen-bond donors (Lipinski definition) is 4. The molecule has 1 atom stereocenters. The number of benzene rings is 3. The first-order valence-electron chi connectivity index (χ1n) is 11.9. The van der Waals surface area contributed by atoms with Gasteiger partial charge in [0, 0.05) is 24.3 Å². The lowest BCUT2D eigenvalue weighted by molar-refractivity contribution is 0.0697. The van der Waals surface area contributed by atoms with Crippen LogP contribution < -0.4 is 10.0 Å². The van der Waals surface area contributed by atoms with E-state index in [-0.39, 0.29) is 22.0 Å². The van der Waals surface area contributed by atoms with E-state index in [1.54, 1.807) is 54.9 Å². The topological polar surface area (TPSA) is 134 Å². The fourth-order valence-corrected chi connectivity index (χ4v) is 5.48. The maximum Gasteiger partial charge on any atom is 0.337 e. The van der Waals surface area contributed by atoms with Gasteiger partial charge in [0.25, 0.3) is 10.0 Å². The van der Waals surface area contributed by atoms with Gasteiger partial charge in [-0.2, -0.15) is 0 Å². The highest BCUT2D eigenvalue weighted by atomic mass is 35.5. The van der Waals surface area contributed by atoms with Gasteiger partial charge in [0.2, 0.25) is 0 Å². The number of halogens is 1. The number of aryl methyl sites for hydroxylation is 1. The van der Waals surface area contributed by atoms with Crippen LogP contribution in [0.2, 0.25) is 5.02 Å². The second-order valence-electron chi connectivity index (χ2n) is 9.61. The van der Waals surface area contributed by atoms with Crippen LogP contribution in [0.25, 0.3) is 11.0 Å². The molecule has 11 heteroatoms. The SMILES string of the molecule is CC(C)(CCn1cnc2ccc(C(=O)O)c(Cl)c21)NC[C@H](O)c1cccc(NS(=O)(=O)c2ccccc2)c1. The molecule has 4 N–H and O–H groups in total. The number of rotatable bonds is 11. The van der Waals surface area contributed by atoms with Crippen LogP contribution in [0.3, 0.4) is 0 Å². The summed E-state index contributed by atoms with van der Waals surface area (Å²) < 4.78 is 29.6. The highest BCUT2D eigenvalue weighted by Crippen LogP contribution is 2.28. The number of imidazole rings is 1. The average Bonchev–Trinajstić information content (AvgIpc) is 3.31. The van der Waals surface area contributed by atoms with Gasteiger partial charge in [0.05, 0.1) is 38.9 Å². The number of nitrogens with zero attached hydrogens (tertiary/aromatic N) is 2. The average molecular weight is 557 g/mol. The van der Waals surface area contributed by atoms with E-state index < -0.39 is 27.6 Å². The third-order valence-corrected chi connectivity index (χ3v) is 8.06. The third kappa shape index (κ3) is 6.33. The number of aliphatic hydroxyl groups excluding tert-OH is 1. The fourth-order valence-electron chi connectivity index (χ4n) is 4.06. The molecule has 4 rings (SSSR count). The van der Waals surface area contributed by atoms with Gasteiger partial charge in [0.1, 0.15) is 0 Å². The molecular weight excluding hydrogens is 528 g/mol. The zero-order chi connectivity index (χ0) is 27.5. The summed E-state index contributed by atoms with van der Waals surface area (Å²) in [5.41, 5.74) is 1.72. The number of aliphatic hydroxyl groups is 1. The van der Waals surface area contributed by atoms with E-state index in [4.69, 9.17) is 11.6 Å². The minimum absolute atomic E-state index is 0.0229. The number of carboxylic acids is 1.